The molecule has 1 atom stereocenters. The Morgan fingerprint density at radius 1 is 1.60 bits per heavy atom. The summed E-state index contributed by atoms with van der Waals surface area (Å²) >= 11 is 0. The molecule has 0 heterocycles. The highest BCUT2D eigenvalue weighted by Gasteiger charge is 2.24. The average Bonchev–Trinajstić information content (AvgIpc) is 1.83. The minimum atomic E-state index is -3.79. The zero-order chi connectivity index (χ0) is 8.36. The van der Waals surface area contributed by atoms with Gasteiger partial charge in [-0.15, -0.1) is 0 Å². The van der Waals surface area contributed by atoms with E-state index in [0.717, 1.165) is 7.11 Å². The number of carbonyl (C=O) groups excluding carboxylic acids is 1. The Balaban J connectivity index is 4.39. The molecule has 5 nitrogen and oxygen atoms in total. The van der Waals surface area contributed by atoms with Crippen LogP contribution >= 0.6 is 0 Å². The van der Waals surface area contributed by atoms with Crippen LogP contribution in [-0.4, -0.2) is 26.7 Å². The van der Waals surface area contributed by atoms with E-state index in [-0.39, 0.29) is 0 Å². The van der Waals surface area contributed by atoms with Crippen molar-refractivity contribution in [3.05, 3.63) is 0 Å². The van der Waals surface area contributed by atoms with E-state index >= 15 is 0 Å². The second kappa shape index (κ2) is 2.98. The van der Waals surface area contributed by atoms with Crippen LogP contribution < -0.4 is 5.14 Å². The summed E-state index contributed by atoms with van der Waals surface area (Å²) in [6, 6.07) is 0. The Hall–Kier alpha value is -0.620. The number of primary sulfonamides is 1. The van der Waals surface area contributed by atoms with E-state index in [0.29, 0.717) is 0 Å². The van der Waals surface area contributed by atoms with Gasteiger partial charge in [-0.25, -0.2) is 13.6 Å². The van der Waals surface area contributed by atoms with Gasteiger partial charge in [-0.2, -0.15) is 0 Å². The van der Waals surface area contributed by atoms with E-state index in [1.165, 1.54) is 6.92 Å². The number of hydrogen-bond acceptors (Lipinski definition) is 4. The van der Waals surface area contributed by atoms with Crippen molar-refractivity contribution >= 4 is 16.0 Å². The number of esters is 1. The first kappa shape index (κ1) is 9.38. The Labute approximate surface area is 59.2 Å². The van der Waals surface area contributed by atoms with Crippen molar-refractivity contribution in [2.45, 2.75) is 12.2 Å². The average molecular weight is 167 g/mol. The SMILES string of the molecule is COC(=O)C(C)S(N)(=O)=O. The smallest absolute Gasteiger partial charge is 0.325 e. The van der Waals surface area contributed by atoms with Crippen molar-refractivity contribution in [3.63, 3.8) is 0 Å². The molecule has 0 saturated carbocycles. The third kappa shape index (κ3) is 2.32. The Morgan fingerprint density at radius 3 is 2.10 bits per heavy atom. The maximum Gasteiger partial charge on any atom is 0.325 e. The van der Waals surface area contributed by atoms with Gasteiger partial charge >= 0.3 is 5.97 Å². The number of rotatable bonds is 2. The molecule has 0 aromatic rings. The summed E-state index contributed by atoms with van der Waals surface area (Å²) in [7, 11) is -2.69. The molecule has 0 aliphatic heterocycles. The summed E-state index contributed by atoms with van der Waals surface area (Å²) in [6.07, 6.45) is 0. The molecular weight excluding hydrogens is 158 g/mol. The summed E-state index contributed by atoms with van der Waals surface area (Å²) in [5.41, 5.74) is 0. The number of ether oxygens (including phenoxy) is 1. The van der Waals surface area contributed by atoms with Gasteiger partial charge in [0, 0.05) is 0 Å². The fraction of sp³-hybridized carbons (Fsp3) is 0.750. The number of methoxy groups -OCH3 is 1. The van der Waals surface area contributed by atoms with Gasteiger partial charge < -0.3 is 4.74 Å². The van der Waals surface area contributed by atoms with Gasteiger partial charge in [-0.05, 0) is 6.92 Å². The van der Waals surface area contributed by atoms with Crippen LogP contribution in [0.1, 0.15) is 6.92 Å². The second-order valence-electron chi connectivity index (χ2n) is 1.75. The lowest BCUT2D eigenvalue weighted by Crippen LogP contribution is -2.33. The lowest BCUT2D eigenvalue weighted by atomic mass is 10.5. The van der Waals surface area contributed by atoms with E-state index in [4.69, 9.17) is 0 Å². The van der Waals surface area contributed by atoms with Gasteiger partial charge in [0.25, 0.3) is 0 Å². The van der Waals surface area contributed by atoms with Gasteiger partial charge in [-0.1, -0.05) is 0 Å². The maximum absolute atomic E-state index is 10.5. The van der Waals surface area contributed by atoms with Crippen LogP contribution in [0.4, 0.5) is 0 Å². The molecule has 0 aliphatic carbocycles. The van der Waals surface area contributed by atoms with Gasteiger partial charge in [0.1, 0.15) is 0 Å². The van der Waals surface area contributed by atoms with E-state index < -0.39 is 21.2 Å². The van der Waals surface area contributed by atoms with Gasteiger partial charge in [-0.3, -0.25) is 4.79 Å². The first-order valence-electron chi connectivity index (χ1n) is 2.49. The molecule has 0 aromatic heterocycles. The number of sulfonamides is 1. The van der Waals surface area contributed by atoms with Crippen molar-refractivity contribution in [1.29, 1.82) is 0 Å². The zero-order valence-electron chi connectivity index (χ0n) is 5.70. The third-order valence-corrected chi connectivity index (χ3v) is 2.20. The Morgan fingerprint density at radius 2 is 2.00 bits per heavy atom. The zero-order valence-corrected chi connectivity index (χ0v) is 6.51. The van der Waals surface area contributed by atoms with E-state index in [1.807, 2.05) is 0 Å². The molecule has 0 aliphatic rings. The van der Waals surface area contributed by atoms with Crippen LogP contribution in [0.25, 0.3) is 0 Å². The van der Waals surface area contributed by atoms with Crippen molar-refractivity contribution < 1.29 is 17.9 Å². The molecule has 0 bridgehead atoms. The van der Waals surface area contributed by atoms with Crippen LogP contribution in [0.2, 0.25) is 0 Å². The topological polar surface area (TPSA) is 86.5 Å². The fourth-order valence-corrected chi connectivity index (χ4v) is 0.665. The third-order valence-electron chi connectivity index (χ3n) is 1.03. The van der Waals surface area contributed by atoms with Crippen LogP contribution in [0.5, 0.6) is 0 Å². The minimum absolute atomic E-state index is 0.845. The molecule has 6 heteroatoms. The highest BCUT2D eigenvalue weighted by molar-refractivity contribution is 7.90. The second-order valence-corrected chi connectivity index (χ2v) is 3.64. The molecule has 2 N–H and O–H groups in total. The van der Waals surface area contributed by atoms with Crippen molar-refractivity contribution in [1.82, 2.24) is 0 Å². The maximum atomic E-state index is 10.5. The minimum Gasteiger partial charge on any atom is -0.468 e. The van der Waals surface area contributed by atoms with E-state index in [1.54, 1.807) is 0 Å². The number of hydrogen-bond donors (Lipinski definition) is 1. The summed E-state index contributed by atoms with van der Waals surface area (Å²) in [6.45, 7) is 1.17. The van der Waals surface area contributed by atoms with Gasteiger partial charge in [0.15, 0.2) is 5.25 Å². The van der Waals surface area contributed by atoms with Gasteiger partial charge in [0.2, 0.25) is 10.0 Å². The van der Waals surface area contributed by atoms with E-state index in [2.05, 4.69) is 9.88 Å². The lowest BCUT2D eigenvalue weighted by molar-refractivity contribution is -0.139. The van der Waals surface area contributed by atoms with Gasteiger partial charge in [0.05, 0.1) is 7.11 Å². The summed E-state index contributed by atoms with van der Waals surface area (Å²) < 4.78 is 25.0. The molecule has 60 valence electrons. The van der Waals surface area contributed by atoms with Crippen LogP contribution in [0, 0.1) is 0 Å². The molecule has 0 fully saturated rings. The van der Waals surface area contributed by atoms with E-state index in [9.17, 15) is 13.2 Å². The lowest BCUT2D eigenvalue weighted by Gasteiger charge is -2.04. The van der Waals surface area contributed by atoms with Crippen molar-refractivity contribution in [3.8, 4) is 0 Å². The normalized spacial score (nSPS) is 14.3. The van der Waals surface area contributed by atoms with Crippen LogP contribution in [0.15, 0.2) is 0 Å². The van der Waals surface area contributed by atoms with Crippen molar-refractivity contribution in [2.75, 3.05) is 7.11 Å². The van der Waals surface area contributed by atoms with Crippen molar-refractivity contribution in [2.24, 2.45) is 5.14 Å². The first-order valence-corrected chi connectivity index (χ1v) is 4.10. The predicted octanol–water partition coefficient (Wildman–Crippen LogP) is -1.16. The molecular formula is C4H9NO4S. The standard InChI is InChI=1S/C4H9NO4S/c1-3(4(6)9-2)10(5,7)8/h3H,1-2H3,(H2,5,7,8). The molecule has 0 amide bonds. The summed E-state index contributed by atoms with van der Waals surface area (Å²) in [4.78, 5) is 10.5. The molecule has 0 aromatic carbocycles. The van der Waals surface area contributed by atoms with Crippen LogP contribution in [-0.2, 0) is 19.6 Å². The molecule has 1 unspecified atom stereocenters. The predicted molar refractivity (Wildman–Crippen MR) is 34.6 cm³/mol. The molecule has 0 saturated heterocycles. The molecule has 0 rings (SSSR count). The first-order chi connectivity index (χ1) is 4.39. The quantitative estimate of drug-likeness (QED) is 0.525. The summed E-state index contributed by atoms with van der Waals surface area (Å²) in [5, 5.41) is 3.35. The molecule has 0 radical (unpaired) electrons. The molecule has 10 heavy (non-hydrogen) atoms. The highest BCUT2D eigenvalue weighted by atomic mass is 32.2. The summed E-state index contributed by atoms with van der Waals surface area (Å²) in [5.74, 6) is -0.845. The molecule has 0 spiro atoms. The van der Waals surface area contributed by atoms with Crippen LogP contribution in [0.3, 0.4) is 0 Å². The number of nitrogens with two attached hydrogens (primary N) is 1. The largest absolute Gasteiger partial charge is 0.468 e. The number of carbonyl (C=O) groups is 1. The highest BCUT2D eigenvalue weighted by Crippen LogP contribution is 1.95. The Bertz CT molecular complexity index is 219. The monoisotopic (exact) mass is 167 g/mol. The fourth-order valence-electron chi connectivity index (χ4n) is 0.300. The Kier molecular flexibility index (Phi) is 2.79.